The van der Waals surface area contributed by atoms with Crippen LogP contribution in [0.25, 0.3) is 60.6 Å². The molecule has 9 rings (SSSR count). The normalized spacial score (nSPS) is 14.3. The minimum Gasteiger partial charge on any atom is -0.309 e. The molecule has 0 saturated carbocycles. The van der Waals surface area contributed by atoms with Crippen LogP contribution in [0.5, 0.6) is 0 Å². The molecule has 1 aliphatic carbocycles. The van der Waals surface area contributed by atoms with E-state index in [1.165, 1.54) is 16.3 Å². The first-order valence-corrected chi connectivity index (χ1v) is 16.6. The van der Waals surface area contributed by atoms with Gasteiger partial charge in [0.25, 0.3) is 0 Å². The van der Waals surface area contributed by atoms with E-state index in [1.54, 1.807) is 0 Å². The van der Waals surface area contributed by atoms with Crippen LogP contribution in [-0.2, 0) is 0 Å². The number of rotatable bonds is 4. The molecule has 1 unspecified atom stereocenters. The summed E-state index contributed by atoms with van der Waals surface area (Å²) in [6.07, 6.45) is 5.02. The molecule has 2 heterocycles. The highest BCUT2D eigenvalue weighted by molar-refractivity contribution is 6.11. The van der Waals surface area contributed by atoms with E-state index in [0.717, 1.165) is 55.4 Å². The summed E-state index contributed by atoms with van der Waals surface area (Å²) in [5.41, 5.74) is 10.8. The van der Waals surface area contributed by atoms with Gasteiger partial charge in [-0.05, 0) is 77.7 Å². The van der Waals surface area contributed by atoms with E-state index in [9.17, 15) is 15.8 Å². The minimum atomic E-state index is 0.0321. The van der Waals surface area contributed by atoms with Crippen LogP contribution < -0.4 is 0 Å². The van der Waals surface area contributed by atoms with Crippen LogP contribution in [0, 0.1) is 34.0 Å². The van der Waals surface area contributed by atoms with E-state index in [-0.39, 0.29) is 5.92 Å². The van der Waals surface area contributed by atoms with Crippen molar-refractivity contribution in [2.45, 2.75) is 12.3 Å². The zero-order valence-corrected chi connectivity index (χ0v) is 26.9. The predicted molar refractivity (Wildman–Crippen MR) is 200 cm³/mol. The summed E-state index contributed by atoms with van der Waals surface area (Å²) in [5, 5.41) is 34.4. The molecular weight excluding hydrogens is 611 g/mol. The van der Waals surface area contributed by atoms with Crippen LogP contribution in [0.1, 0.15) is 34.6 Å². The number of fused-ring (bicyclic) bond motifs is 6. The molecule has 1 aliphatic rings. The van der Waals surface area contributed by atoms with Crippen molar-refractivity contribution in [3.05, 3.63) is 173 Å². The molecule has 6 aromatic carbocycles. The van der Waals surface area contributed by atoms with E-state index in [4.69, 9.17) is 0 Å². The third kappa shape index (κ3) is 4.37. The summed E-state index contributed by atoms with van der Waals surface area (Å²) in [6.45, 7) is 0. The maximum Gasteiger partial charge on any atom is 0.101 e. The molecule has 0 bridgehead atoms. The second-order valence-corrected chi connectivity index (χ2v) is 12.6. The van der Waals surface area contributed by atoms with Gasteiger partial charge in [-0.1, -0.05) is 91.0 Å². The molecule has 0 amide bonds. The highest BCUT2D eigenvalue weighted by atomic mass is 15.0. The average molecular weight is 638 g/mol. The average Bonchev–Trinajstić information content (AvgIpc) is 3.70. The molecule has 2 aromatic heterocycles. The first-order valence-electron chi connectivity index (χ1n) is 16.6. The summed E-state index contributed by atoms with van der Waals surface area (Å²) in [7, 11) is 0. The lowest BCUT2D eigenvalue weighted by molar-refractivity contribution is 0.842. The third-order valence-corrected chi connectivity index (χ3v) is 9.96. The number of para-hydroxylation sites is 4. The summed E-state index contributed by atoms with van der Waals surface area (Å²) < 4.78 is 4.46. The Morgan fingerprint density at radius 1 is 0.560 bits per heavy atom. The highest BCUT2D eigenvalue weighted by Gasteiger charge is 2.24. The smallest absolute Gasteiger partial charge is 0.101 e. The van der Waals surface area contributed by atoms with E-state index in [1.807, 2.05) is 48.5 Å². The Morgan fingerprint density at radius 2 is 1.26 bits per heavy atom. The fraction of sp³-hybridized carbons (Fsp3) is 0.0444. The zero-order chi connectivity index (χ0) is 33.8. The molecular formula is C45H27N5. The van der Waals surface area contributed by atoms with E-state index < -0.39 is 0 Å². The Kier molecular flexibility index (Phi) is 6.70. The molecule has 0 fully saturated rings. The first-order chi connectivity index (χ1) is 24.7. The van der Waals surface area contributed by atoms with Gasteiger partial charge < -0.3 is 9.13 Å². The molecule has 1 atom stereocenters. The summed E-state index contributed by atoms with van der Waals surface area (Å²) >= 11 is 0. The van der Waals surface area contributed by atoms with Crippen molar-refractivity contribution in [2.75, 3.05) is 0 Å². The van der Waals surface area contributed by atoms with Crippen molar-refractivity contribution < 1.29 is 0 Å². The number of benzene rings is 6. The van der Waals surface area contributed by atoms with Gasteiger partial charge in [-0.25, -0.2) is 0 Å². The number of allylic oxidation sites excluding steroid dienone is 4. The Hall–Kier alpha value is -7.13. The monoisotopic (exact) mass is 637 g/mol. The van der Waals surface area contributed by atoms with Crippen LogP contribution in [0.15, 0.2) is 151 Å². The number of nitrogens with zero attached hydrogens (tertiary/aromatic N) is 5. The van der Waals surface area contributed by atoms with Crippen molar-refractivity contribution >= 4 is 49.2 Å². The van der Waals surface area contributed by atoms with Gasteiger partial charge in [0.05, 0.1) is 50.9 Å². The lowest BCUT2D eigenvalue weighted by atomic mass is 9.83. The Bertz CT molecular complexity index is 2840. The standard InChI is InChI=1S/C45H27N5/c46-26-29-19-22-44-40(23-29)38-15-8-10-33(28-48)45(38)49(44)34-11-7-9-30(24-34)39-25-31(20-21-32(39)27-47)35-12-1-4-16-41(35)50-42-17-5-2-13-36(42)37-14-3-6-18-43(37)50/h1-19,21-25,31H,20H2. The molecule has 0 spiro atoms. The largest absolute Gasteiger partial charge is 0.309 e. The van der Waals surface area contributed by atoms with Gasteiger partial charge in [0, 0.05) is 38.8 Å². The molecule has 0 aliphatic heterocycles. The van der Waals surface area contributed by atoms with Gasteiger partial charge in [0.15, 0.2) is 0 Å². The van der Waals surface area contributed by atoms with Crippen LogP contribution in [-0.4, -0.2) is 9.13 Å². The van der Waals surface area contributed by atoms with Crippen molar-refractivity contribution in [2.24, 2.45) is 0 Å². The Labute approximate surface area is 288 Å². The molecule has 0 N–H and O–H groups in total. The van der Waals surface area contributed by atoms with Crippen molar-refractivity contribution in [3.8, 4) is 29.6 Å². The number of hydrogen-bond acceptors (Lipinski definition) is 3. The molecule has 5 heteroatoms. The number of nitriles is 3. The van der Waals surface area contributed by atoms with Crippen LogP contribution in [0.4, 0.5) is 0 Å². The minimum absolute atomic E-state index is 0.0321. The molecule has 232 valence electrons. The lowest BCUT2D eigenvalue weighted by Gasteiger charge is -2.23. The molecule has 8 aromatic rings. The molecule has 5 nitrogen and oxygen atoms in total. The molecule has 0 saturated heterocycles. The maximum atomic E-state index is 10.3. The van der Waals surface area contributed by atoms with Gasteiger partial charge in [-0.2, -0.15) is 15.8 Å². The summed E-state index contributed by atoms with van der Waals surface area (Å²) in [4.78, 5) is 0. The SMILES string of the molecule is N#CC1=CCC(c2ccccc2-n2c3ccccc3c3ccccc32)C=C1c1cccc(-n2c3ccc(C#N)cc3c3cccc(C#N)c32)c1. The lowest BCUT2D eigenvalue weighted by Crippen LogP contribution is -2.07. The fourth-order valence-electron chi connectivity index (χ4n) is 7.78. The Balaban J connectivity index is 1.22. The van der Waals surface area contributed by atoms with E-state index in [2.05, 4.69) is 124 Å². The van der Waals surface area contributed by atoms with Crippen molar-refractivity contribution in [3.63, 3.8) is 0 Å². The zero-order valence-electron chi connectivity index (χ0n) is 26.9. The molecule has 50 heavy (non-hydrogen) atoms. The predicted octanol–water partition coefficient (Wildman–Crippen LogP) is 10.6. The van der Waals surface area contributed by atoms with E-state index in [0.29, 0.717) is 23.1 Å². The van der Waals surface area contributed by atoms with Gasteiger partial charge >= 0.3 is 0 Å². The van der Waals surface area contributed by atoms with Gasteiger partial charge in [0.2, 0.25) is 0 Å². The fourth-order valence-corrected chi connectivity index (χ4v) is 7.78. The quantitative estimate of drug-likeness (QED) is 0.193. The number of aromatic nitrogens is 2. The van der Waals surface area contributed by atoms with E-state index >= 15 is 0 Å². The summed E-state index contributed by atoms with van der Waals surface area (Å²) in [6, 6.07) is 52.3. The first kappa shape index (κ1) is 29.0. The second kappa shape index (κ2) is 11.5. The van der Waals surface area contributed by atoms with Gasteiger partial charge in [-0.3, -0.25) is 0 Å². The topological polar surface area (TPSA) is 81.2 Å². The highest BCUT2D eigenvalue weighted by Crippen LogP contribution is 2.41. The second-order valence-electron chi connectivity index (χ2n) is 12.6. The third-order valence-electron chi connectivity index (χ3n) is 9.96. The molecule has 0 radical (unpaired) electrons. The maximum absolute atomic E-state index is 10.3. The van der Waals surface area contributed by atoms with Crippen LogP contribution >= 0.6 is 0 Å². The number of hydrogen-bond donors (Lipinski definition) is 0. The summed E-state index contributed by atoms with van der Waals surface area (Å²) in [5.74, 6) is 0.0321. The van der Waals surface area contributed by atoms with Crippen molar-refractivity contribution in [1.29, 1.82) is 15.8 Å². The van der Waals surface area contributed by atoms with Crippen LogP contribution in [0.3, 0.4) is 0 Å². The van der Waals surface area contributed by atoms with Crippen molar-refractivity contribution in [1.82, 2.24) is 9.13 Å². The van der Waals surface area contributed by atoms with Gasteiger partial charge in [-0.15, -0.1) is 0 Å². The van der Waals surface area contributed by atoms with Gasteiger partial charge in [0.1, 0.15) is 6.07 Å². The Morgan fingerprint density at radius 3 is 2.02 bits per heavy atom. The van der Waals surface area contributed by atoms with Crippen LogP contribution in [0.2, 0.25) is 0 Å².